The molecule has 0 N–H and O–H groups in total. The van der Waals surface area contributed by atoms with E-state index < -0.39 is 0 Å². The van der Waals surface area contributed by atoms with Gasteiger partial charge < -0.3 is 4.57 Å². The van der Waals surface area contributed by atoms with Crippen molar-refractivity contribution >= 4 is 22.6 Å². The predicted molar refractivity (Wildman–Crippen MR) is 76.3 cm³/mol. The molecule has 1 fully saturated rings. The quantitative estimate of drug-likeness (QED) is 0.769. The van der Waals surface area contributed by atoms with Crippen molar-refractivity contribution in [2.75, 3.05) is 5.88 Å². The van der Waals surface area contributed by atoms with Gasteiger partial charge in [-0.3, -0.25) is 0 Å². The van der Waals surface area contributed by atoms with E-state index in [1.54, 1.807) is 6.92 Å². The van der Waals surface area contributed by atoms with Crippen molar-refractivity contribution in [2.45, 2.75) is 39.7 Å². The number of hydrogen-bond donors (Lipinski definition) is 0. The Morgan fingerprint density at radius 1 is 1.47 bits per heavy atom. The average Bonchev–Trinajstić information content (AvgIpc) is 2.80. The molecule has 1 heterocycles. The van der Waals surface area contributed by atoms with Gasteiger partial charge in [-0.15, -0.1) is 11.6 Å². The molecule has 1 aromatic carbocycles. The van der Waals surface area contributed by atoms with E-state index in [0.29, 0.717) is 22.9 Å². The number of fused-ring (bicyclic) bond motifs is 1. The molecule has 0 amide bonds. The highest BCUT2D eigenvalue weighted by Crippen LogP contribution is 2.56. The van der Waals surface area contributed by atoms with Crippen LogP contribution >= 0.6 is 11.6 Å². The minimum atomic E-state index is -0.190. The fourth-order valence-corrected chi connectivity index (χ4v) is 2.93. The zero-order chi connectivity index (χ0) is 13.8. The van der Waals surface area contributed by atoms with Crippen LogP contribution in [0, 0.1) is 18.2 Å². The summed E-state index contributed by atoms with van der Waals surface area (Å²) in [5, 5.41) is 0. The maximum atomic E-state index is 13.7. The number of alkyl halides is 1. The molecule has 1 saturated carbocycles. The van der Waals surface area contributed by atoms with Gasteiger partial charge in [0, 0.05) is 24.4 Å². The van der Waals surface area contributed by atoms with E-state index in [1.807, 2.05) is 6.07 Å². The summed E-state index contributed by atoms with van der Waals surface area (Å²) in [5.41, 5.74) is 2.75. The Hall–Kier alpha value is -1.09. The first-order valence-corrected chi connectivity index (χ1v) is 7.20. The highest BCUT2D eigenvalue weighted by atomic mass is 35.5. The zero-order valence-electron chi connectivity index (χ0n) is 11.5. The van der Waals surface area contributed by atoms with E-state index in [0.717, 1.165) is 29.7 Å². The number of nitrogens with zero attached hydrogens (tertiary/aromatic N) is 2. The normalized spacial score (nSPS) is 21.0. The molecule has 0 saturated heterocycles. The van der Waals surface area contributed by atoms with Crippen LogP contribution in [0.15, 0.2) is 12.1 Å². The smallest absolute Gasteiger partial charge is 0.128 e. The van der Waals surface area contributed by atoms with Gasteiger partial charge in [0.15, 0.2) is 0 Å². The maximum Gasteiger partial charge on any atom is 0.128 e. The molecule has 0 spiro atoms. The summed E-state index contributed by atoms with van der Waals surface area (Å²) in [4.78, 5) is 4.57. The van der Waals surface area contributed by atoms with Gasteiger partial charge in [0.05, 0.1) is 11.0 Å². The van der Waals surface area contributed by atoms with Gasteiger partial charge in [0.2, 0.25) is 0 Å². The lowest BCUT2D eigenvalue weighted by Gasteiger charge is -2.11. The summed E-state index contributed by atoms with van der Waals surface area (Å²) in [5.74, 6) is 1.33. The Morgan fingerprint density at radius 3 is 2.74 bits per heavy atom. The van der Waals surface area contributed by atoms with Crippen molar-refractivity contribution < 1.29 is 4.39 Å². The van der Waals surface area contributed by atoms with Crippen LogP contribution in [0.4, 0.5) is 4.39 Å². The second-order valence-electron chi connectivity index (χ2n) is 6.14. The highest BCUT2D eigenvalue weighted by molar-refractivity contribution is 6.17. The number of aromatic nitrogens is 2. The molecule has 0 aliphatic heterocycles. The van der Waals surface area contributed by atoms with Crippen molar-refractivity contribution in [1.29, 1.82) is 0 Å². The molecule has 0 radical (unpaired) electrons. The first-order chi connectivity index (χ1) is 8.94. The summed E-state index contributed by atoms with van der Waals surface area (Å²) in [6.45, 7) is 6.31. The number of aryl methyl sites for hydroxylation is 2. The molecule has 1 aliphatic rings. The predicted octanol–water partition coefficient (Wildman–Crippen LogP) is 4.24. The third-order valence-corrected chi connectivity index (χ3v) is 4.32. The molecule has 19 heavy (non-hydrogen) atoms. The van der Waals surface area contributed by atoms with Crippen LogP contribution in [-0.4, -0.2) is 15.4 Å². The molecule has 2 nitrogen and oxygen atoms in total. The average molecular weight is 281 g/mol. The van der Waals surface area contributed by atoms with E-state index in [9.17, 15) is 4.39 Å². The Morgan fingerprint density at radius 2 is 2.16 bits per heavy atom. The third kappa shape index (κ3) is 2.04. The molecular weight excluding hydrogens is 263 g/mol. The van der Waals surface area contributed by atoms with Crippen LogP contribution in [0.3, 0.4) is 0 Å². The Kier molecular flexibility index (Phi) is 2.86. The van der Waals surface area contributed by atoms with Crippen molar-refractivity contribution in [3.8, 4) is 0 Å². The molecule has 1 atom stereocenters. The van der Waals surface area contributed by atoms with Crippen LogP contribution in [0.25, 0.3) is 11.0 Å². The molecule has 3 rings (SSSR count). The van der Waals surface area contributed by atoms with E-state index in [2.05, 4.69) is 23.4 Å². The zero-order valence-corrected chi connectivity index (χ0v) is 12.3. The number of hydrogen-bond acceptors (Lipinski definition) is 1. The minimum absolute atomic E-state index is 0.190. The maximum absolute atomic E-state index is 13.7. The molecule has 4 heteroatoms. The first-order valence-electron chi connectivity index (χ1n) is 6.67. The Balaban J connectivity index is 2.21. The lowest BCUT2D eigenvalue weighted by atomic mass is 10.1. The van der Waals surface area contributed by atoms with Gasteiger partial charge in [-0.1, -0.05) is 13.8 Å². The van der Waals surface area contributed by atoms with Gasteiger partial charge in [-0.25, -0.2) is 9.37 Å². The van der Waals surface area contributed by atoms with Crippen LogP contribution in [0.1, 0.15) is 37.7 Å². The summed E-state index contributed by atoms with van der Waals surface area (Å²) in [6, 6.07) is 3.90. The van der Waals surface area contributed by atoms with Gasteiger partial charge >= 0.3 is 0 Å². The number of rotatable bonds is 3. The van der Waals surface area contributed by atoms with E-state index in [-0.39, 0.29) is 5.82 Å². The third-order valence-electron chi connectivity index (χ3n) is 4.13. The van der Waals surface area contributed by atoms with Crippen molar-refractivity contribution in [3.05, 3.63) is 29.3 Å². The molecular formula is C15H18ClFN2. The second kappa shape index (κ2) is 4.20. The number of benzene rings is 1. The van der Waals surface area contributed by atoms with E-state index in [1.165, 1.54) is 6.07 Å². The number of halogens is 2. The summed E-state index contributed by atoms with van der Waals surface area (Å²) >= 11 is 5.87. The summed E-state index contributed by atoms with van der Waals surface area (Å²) in [7, 11) is 0. The first kappa shape index (κ1) is 12.9. The fourth-order valence-electron chi connectivity index (χ4n) is 2.76. The van der Waals surface area contributed by atoms with Crippen LogP contribution in [-0.2, 0) is 6.42 Å². The van der Waals surface area contributed by atoms with E-state index >= 15 is 0 Å². The molecule has 2 aromatic rings. The Bertz CT molecular complexity index is 645. The highest BCUT2D eigenvalue weighted by Gasteiger charge is 2.48. The van der Waals surface area contributed by atoms with Crippen LogP contribution in [0.5, 0.6) is 0 Å². The van der Waals surface area contributed by atoms with Crippen LogP contribution in [0.2, 0.25) is 0 Å². The van der Waals surface area contributed by atoms with Gasteiger partial charge in [0.25, 0.3) is 0 Å². The fraction of sp³-hybridized carbons (Fsp3) is 0.533. The van der Waals surface area contributed by atoms with Gasteiger partial charge in [-0.2, -0.15) is 0 Å². The topological polar surface area (TPSA) is 17.8 Å². The summed E-state index contributed by atoms with van der Waals surface area (Å²) in [6.07, 6.45) is 1.87. The van der Waals surface area contributed by atoms with Crippen LogP contribution < -0.4 is 0 Å². The van der Waals surface area contributed by atoms with E-state index in [4.69, 9.17) is 11.6 Å². The second-order valence-corrected chi connectivity index (χ2v) is 6.51. The molecule has 1 aliphatic carbocycles. The van der Waals surface area contributed by atoms with Gasteiger partial charge in [-0.05, 0) is 30.4 Å². The van der Waals surface area contributed by atoms with Crippen molar-refractivity contribution in [3.63, 3.8) is 0 Å². The van der Waals surface area contributed by atoms with Gasteiger partial charge in [0.1, 0.15) is 11.6 Å². The molecule has 1 aromatic heterocycles. The SMILES string of the molecule is Cc1cc2c(cc1F)nc(CCCl)n2C1CC1(C)C. The largest absolute Gasteiger partial charge is 0.324 e. The summed E-state index contributed by atoms with van der Waals surface area (Å²) < 4.78 is 15.9. The Labute approximate surface area is 117 Å². The van der Waals surface area contributed by atoms with Crippen molar-refractivity contribution in [1.82, 2.24) is 9.55 Å². The lowest BCUT2D eigenvalue weighted by Crippen LogP contribution is -2.06. The minimum Gasteiger partial charge on any atom is -0.324 e. The molecule has 0 bridgehead atoms. The number of imidazole rings is 1. The monoisotopic (exact) mass is 280 g/mol. The molecule has 102 valence electrons. The standard InChI is InChI=1S/C15H18ClFN2/c1-9-6-12-11(7-10(9)17)18-14(4-5-16)19(12)13-8-15(13,2)3/h6-7,13H,4-5,8H2,1-3H3. The molecule has 1 unspecified atom stereocenters. The van der Waals surface area contributed by atoms with Crippen molar-refractivity contribution in [2.24, 2.45) is 5.41 Å². The lowest BCUT2D eigenvalue weighted by molar-refractivity contribution is 0.537.